The van der Waals surface area contributed by atoms with Crippen molar-refractivity contribution in [3.8, 4) is 0 Å². The molecule has 0 bridgehead atoms. The summed E-state index contributed by atoms with van der Waals surface area (Å²) in [7, 11) is 0. The van der Waals surface area contributed by atoms with Crippen molar-refractivity contribution in [1.82, 2.24) is 20.4 Å². The molecule has 1 N–H and O–H groups in total. The number of fused-ring (bicyclic) bond motifs is 1. The number of hydrogen-bond donors (Lipinski definition) is 1. The molecule has 6 heteroatoms. The van der Waals surface area contributed by atoms with Crippen LogP contribution >= 0.6 is 0 Å². The van der Waals surface area contributed by atoms with Crippen molar-refractivity contribution < 1.29 is 0 Å². The lowest BCUT2D eigenvalue weighted by atomic mass is 10.4. The number of hydrogen-bond acceptors (Lipinski definition) is 5. The van der Waals surface area contributed by atoms with Gasteiger partial charge in [0.2, 0.25) is 5.82 Å². The number of aromatic amines is 1. The second-order valence-electron chi connectivity index (χ2n) is 1.94. The zero-order chi connectivity index (χ0) is 7.68. The Labute approximate surface area is 60.6 Å². The smallest absolute Gasteiger partial charge is 0.245 e. The van der Waals surface area contributed by atoms with E-state index < -0.39 is 0 Å². The monoisotopic (exact) mass is 149 g/mol. The molecule has 0 aliphatic carbocycles. The number of nitroso groups, excluding NO2 is 1. The highest BCUT2D eigenvalue weighted by Gasteiger charge is 2.03. The SMILES string of the molecule is O=Nc1nnnc2cc[nH]c12. The Bertz CT molecular complexity index is 394. The van der Waals surface area contributed by atoms with E-state index in [2.05, 4.69) is 25.6 Å². The highest BCUT2D eigenvalue weighted by atomic mass is 16.3. The molecular weight excluding hydrogens is 146 g/mol. The Morgan fingerprint density at radius 3 is 3.18 bits per heavy atom. The van der Waals surface area contributed by atoms with Gasteiger partial charge in [0, 0.05) is 6.20 Å². The van der Waals surface area contributed by atoms with E-state index >= 15 is 0 Å². The zero-order valence-corrected chi connectivity index (χ0v) is 5.35. The molecule has 0 aliphatic rings. The van der Waals surface area contributed by atoms with E-state index in [0.29, 0.717) is 11.0 Å². The maximum Gasteiger partial charge on any atom is 0.245 e. The molecule has 2 heterocycles. The maximum atomic E-state index is 10.1. The summed E-state index contributed by atoms with van der Waals surface area (Å²) < 4.78 is 0. The van der Waals surface area contributed by atoms with Crippen LogP contribution in [0.1, 0.15) is 0 Å². The second kappa shape index (κ2) is 2.08. The summed E-state index contributed by atoms with van der Waals surface area (Å²) >= 11 is 0. The van der Waals surface area contributed by atoms with Crippen molar-refractivity contribution in [2.75, 3.05) is 0 Å². The lowest BCUT2D eigenvalue weighted by molar-refractivity contribution is 0.893. The van der Waals surface area contributed by atoms with E-state index in [4.69, 9.17) is 0 Å². The molecule has 0 amide bonds. The lowest BCUT2D eigenvalue weighted by Gasteiger charge is -1.86. The quantitative estimate of drug-likeness (QED) is 0.606. The van der Waals surface area contributed by atoms with Crippen molar-refractivity contribution in [3.05, 3.63) is 17.2 Å². The molecule has 2 aromatic heterocycles. The van der Waals surface area contributed by atoms with Gasteiger partial charge in [-0.15, -0.1) is 15.1 Å². The summed E-state index contributed by atoms with van der Waals surface area (Å²) in [5, 5.41) is 13.1. The standard InChI is InChI=1S/C5H3N5O/c11-9-5-4-3(1-2-6-4)7-10-8-5/h1-2,6H. The second-order valence-corrected chi connectivity index (χ2v) is 1.94. The van der Waals surface area contributed by atoms with Gasteiger partial charge in [-0.05, 0) is 16.5 Å². The van der Waals surface area contributed by atoms with Gasteiger partial charge in [0.1, 0.15) is 11.0 Å². The average Bonchev–Trinajstić information content (AvgIpc) is 2.50. The molecule has 0 spiro atoms. The fraction of sp³-hybridized carbons (Fsp3) is 0. The molecule has 0 radical (unpaired) electrons. The van der Waals surface area contributed by atoms with Crippen LogP contribution in [0.5, 0.6) is 0 Å². The van der Waals surface area contributed by atoms with Gasteiger partial charge in [0.15, 0.2) is 0 Å². The van der Waals surface area contributed by atoms with Crippen LogP contribution in [0.25, 0.3) is 11.0 Å². The van der Waals surface area contributed by atoms with Crippen LogP contribution in [0.3, 0.4) is 0 Å². The third-order valence-corrected chi connectivity index (χ3v) is 1.33. The predicted octanol–water partition coefficient (Wildman–Crippen LogP) is 0.751. The van der Waals surface area contributed by atoms with Gasteiger partial charge in [-0.25, -0.2) is 0 Å². The third-order valence-electron chi connectivity index (χ3n) is 1.33. The van der Waals surface area contributed by atoms with Crippen LogP contribution in [0, 0.1) is 4.91 Å². The van der Waals surface area contributed by atoms with E-state index in [-0.39, 0.29) is 5.82 Å². The summed E-state index contributed by atoms with van der Waals surface area (Å²) in [4.78, 5) is 12.9. The van der Waals surface area contributed by atoms with Crippen LogP contribution in [0.15, 0.2) is 17.4 Å². The molecule has 0 saturated carbocycles. The predicted molar refractivity (Wildman–Crippen MR) is 37.1 cm³/mol. The van der Waals surface area contributed by atoms with Crippen LogP contribution in [0.4, 0.5) is 5.82 Å². The highest BCUT2D eigenvalue weighted by Crippen LogP contribution is 2.17. The maximum absolute atomic E-state index is 10.1. The molecular formula is C5H3N5O. The largest absolute Gasteiger partial charge is 0.357 e. The van der Waals surface area contributed by atoms with Gasteiger partial charge in [0.05, 0.1) is 0 Å². The Balaban J connectivity index is 2.88. The van der Waals surface area contributed by atoms with Crippen LogP contribution in [-0.4, -0.2) is 20.4 Å². The fourth-order valence-corrected chi connectivity index (χ4v) is 0.850. The normalized spacial score (nSPS) is 10.2. The number of rotatable bonds is 1. The van der Waals surface area contributed by atoms with Crippen molar-refractivity contribution in [2.45, 2.75) is 0 Å². The topological polar surface area (TPSA) is 83.9 Å². The van der Waals surface area contributed by atoms with Gasteiger partial charge in [0.25, 0.3) is 0 Å². The van der Waals surface area contributed by atoms with Crippen LogP contribution in [0.2, 0.25) is 0 Å². The van der Waals surface area contributed by atoms with E-state index in [1.165, 1.54) is 0 Å². The van der Waals surface area contributed by atoms with Crippen molar-refractivity contribution in [3.63, 3.8) is 0 Å². The Hall–Kier alpha value is -1.85. The number of aromatic nitrogens is 4. The van der Waals surface area contributed by atoms with E-state index in [1.54, 1.807) is 12.3 Å². The first-order valence-electron chi connectivity index (χ1n) is 2.91. The Morgan fingerprint density at radius 2 is 2.36 bits per heavy atom. The van der Waals surface area contributed by atoms with Crippen molar-refractivity contribution >= 4 is 16.9 Å². The molecule has 2 aromatic rings. The number of nitrogens with one attached hydrogen (secondary N) is 1. The van der Waals surface area contributed by atoms with Gasteiger partial charge in [-0.2, -0.15) is 0 Å². The van der Waals surface area contributed by atoms with Gasteiger partial charge >= 0.3 is 0 Å². The molecule has 0 aromatic carbocycles. The lowest BCUT2D eigenvalue weighted by Crippen LogP contribution is -1.86. The van der Waals surface area contributed by atoms with Crippen LogP contribution in [-0.2, 0) is 0 Å². The van der Waals surface area contributed by atoms with E-state index in [0.717, 1.165) is 0 Å². The van der Waals surface area contributed by atoms with Gasteiger partial charge in [-0.1, -0.05) is 0 Å². The molecule has 6 nitrogen and oxygen atoms in total. The summed E-state index contributed by atoms with van der Waals surface area (Å²) in [6.07, 6.45) is 1.65. The molecule has 0 unspecified atom stereocenters. The number of nitrogens with zero attached hydrogens (tertiary/aromatic N) is 4. The third kappa shape index (κ3) is 0.759. The first-order chi connectivity index (χ1) is 5.42. The highest BCUT2D eigenvalue weighted by molar-refractivity contribution is 5.82. The molecule has 0 fully saturated rings. The summed E-state index contributed by atoms with van der Waals surface area (Å²) in [5.41, 5.74) is 1.12. The minimum absolute atomic E-state index is 0.0417. The van der Waals surface area contributed by atoms with Crippen molar-refractivity contribution in [1.29, 1.82) is 0 Å². The molecule has 54 valence electrons. The fourth-order valence-electron chi connectivity index (χ4n) is 0.850. The Kier molecular flexibility index (Phi) is 1.12. The number of H-pyrrole nitrogens is 1. The first kappa shape index (κ1) is 5.90. The summed E-state index contributed by atoms with van der Waals surface area (Å²) in [6.45, 7) is 0. The summed E-state index contributed by atoms with van der Waals surface area (Å²) in [6, 6.07) is 1.69. The molecule has 0 saturated heterocycles. The van der Waals surface area contributed by atoms with Gasteiger partial charge < -0.3 is 4.98 Å². The average molecular weight is 149 g/mol. The minimum Gasteiger partial charge on any atom is -0.357 e. The Morgan fingerprint density at radius 1 is 1.45 bits per heavy atom. The van der Waals surface area contributed by atoms with E-state index in [9.17, 15) is 4.91 Å². The summed E-state index contributed by atoms with van der Waals surface area (Å²) in [5.74, 6) is 0.0417. The van der Waals surface area contributed by atoms with Crippen molar-refractivity contribution in [2.24, 2.45) is 5.18 Å². The zero-order valence-electron chi connectivity index (χ0n) is 5.35. The molecule has 0 atom stereocenters. The molecule has 2 rings (SSSR count). The van der Waals surface area contributed by atoms with E-state index in [1.807, 2.05) is 0 Å². The van der Waals surface area contributed by atoms with Crippen LogP contribution < -0.4 is 0 Å². The minimum atomic E-state index is 0.0417. The van der Waals surface area contributed by atoms with Gasteiger partial charge in [-0.3, -0.25) is 0 Å². The molecule has 11 heavy (non-hydrogen) atoms. The molecule has 0 aliphatic heterocycles. The first-order valence-corrected chi connectivity index (χ1v) is 2.91.